The molecule has 1 aliphatic rings. The summed E-state index contributed by atoms with van der Waals surface area (Å²) in [4.78, 5) is 15.6. The van der Waals surface area contributed by atoms with E-state index in [-0.39, 0.29) is 23.7 Å². The number of para-hydroxylation sites is 1. The van der Waals surface area contributed by atoms with E-state index in [2.05, 4.69) is 13.8 Å². The lowest BCUT2D eigenvalue weighted by Crippen LogP contribution is -2.33. The summed E-state index contributed by atoms with van der Waals surface area (Å²) < 4.78 is 22.1. The molecule has 1 aliphatic carbocycles. The number of halogens is 1. The summed E-state index contributed by atoms with van der Waals surface area (Å²) >= 11 is 0. The minimum absolute atomic E-state index is 0.00336. The van der Waals surface area contributed by atoms with Gasteiger partial charge >= 0.3 is 0 Å². The van der Waals surface area contributed by atoms with Crippen molar-refractivity contribution in [1.29, 1.82) is 0 Å². The highest BCUT2D eigenvalue weighted by Crippen LogP contribution is 2.38. The standard InChI is InChI=1S/C30H30FN3O2/c1-20(2)28-27(19-33(24-16-17-24)29(35)22-14-12-21(3)13-15-22)30(36-26-11-7-8-23(31)18-26)34(32-28)25-9-5-4-6-10-25/h4-15,18,20,24H,16-17,19H2,1-3H3. The molecule has 0 radical (unpaired) electrons. The third-order valence-electron chi connectivity index (χ3n) is 6.40. The van der Waals surface area contributed by atoms with Gasteiger partial charge in [-0.3, -0.25) is 4.79 Å². The van der Waals surface area contributed by atoms with Crippen molar-refractivity contribution < 1.29 is 13.9 Å². The van der Waals surface area contributed by atoms with Crippen LogP contribution in [0, 0.1) is 12.7 Å². The van der Waals surface area contributed by atoms with E-state index in [0.717, 1.165) is 35.3 Å². The van der Waals surface area contributed by atoms with Crippen LogP contribution in [0.1, 0.15) is 59.8 Å². The molecular formula is C30H30FN3O2. The summed E-state index contributed by atoms with van der Waals surface area (Å²) in [5, 5.41) is 4.93. The minimum Gasteiger partial charge on any atom is -0.438 e. The summed E-state index contributed by atoms with van der Waals surface area (Å²) in [6, 6.07) is 23.7. The summed E-state index contributed by atoms with van der Waals surface area (Å²) in [5.41, 5.74) is 4.31. The first-order valence-electron chi connectivity index (χ1n) is 12.4. The summed E-state index contributed by atoms with van der Waals surface area (Å²) in [6.07, 6.45) is 1.95. The van der Waals surface area contributed by atoms with Crippen LogP contribution < -0.4 is 4.74 Å². The molecule has 1 aromatic heterocycles. The Morgan fingerprint density at radius 2 is 1.78 bits per heavy atom. The molecule has 1 saturated carbocycles. The van der Waals surface area contributed by atoms with Crippen LogP contribution in [0.15, 0.2) is 78.9 Å². The van der Waals surface area contributed by atoms with Gasteiger partial charge in [0, 0.05) is 17.7 Å². The predicted molar refractivity (Wildman–Crippen MR) is 138 cm³/mol. The Bertz CT molecular complexity index is 1360. The Labute approximate surface area is 211 Å². The SMILES string of the molecule is Cc1ccc(C(=O)N(Cc2c(C(C)C)nn(-c3ccccc3)c2Oc2cccc(F)c2)C2CC2)cc1. The van der Waals surface area contributed by atoms with Crippen molar-refractivity contribution in [1.82, 2.24) is 14.7 Å². The molecule has 5 nitrogen and oxygen atoms in total. The number of amides is 1. The number of rotatable bonds is 8. The van der Waals surface area contributed by atoms with Crippen LogP contribution in [0.2, 0.25) is 0 Å². The maximum absolute atomic E-state index is 14.0. The van der Waals surface area contributed by atoms with Crippen molar-refractivity contribution >= 4 is 5.91 Å². The summed E-state index contributed by atoms with van der Waals surface area (Å²) in [7, 11) is 0. The molecular weight excluding hydrogens is 453 g/mol. The van der Waals surface area contributed by atoms with Gasteiger partial charge in [-0.05, 0) is 62.1 Å². The average Bonchev–Trinajstić information content (AvgIpc) is 3.65. The van der Waals surface area contributed by atoms with E-state index in [1.54, 1.807) is 16.8 Å². The predicted octanol–water partition coefficient (Wildman–Crippen LogP) is 7.04. The Hall–Kier alpha value is -3.93. The van der Waals surface area contributed by atoms with E-state index in [0.29, 0.717) is 23.7 Å². The first kappa shape index (κ1) is 23.8. The Kier molecular flexibility index (Phi) is 6.59. The number of aryl methyl sites for hydroxylation is 1. The second-order valence-electron chi connectivity index (χ2n) is 9.66. The fourth-order valence-corrected chi connectivity index (χ4v) is 4.34. The molecule has 1 heterocycles. The van der Waals surface area contributed by atoms with Crippen molar-refractivity contribution in [2.75, 3.05) is 0 Å². The van der Waals surface area contributed by atoms with E-state index in [4.69, 9.17) is 9.84 Å². The van der Waals surface area contributed by atoms with Crippen molar-refractivity contribution in [3.63, 3.8) is 0 Å². The molecule has 0 unspecified atom stereocenters. The quantitative estimate of drug-likeness (QED) is 0.270. The third kappa shape index (κ3) is 5.03. The van der Waals surface area contributed by atoms with Crippen molar-refractivity contribution in [2.45, 2.75) is 52.1 Å². The highest BCUT2D eigenvalue weighted by molar-refractivity contribution is 5.94. The fourth-order valence-electron chi connectivity index (χ4n) is 4.34. The van der Waals surface area contributed by atoms with Crippen molar-refractivity contribution in [3.8, 4) is 17.3 Å². The first-order chi connectivity index (χ1) is 17.4. The second kappa shape index (κ2) is 9.97. The lowest BCUT2D eigenvalue weighted by molar-refractivity contribution is 0.0728. The molecule has 0 atom stereocenters. The molecule has 6 heteroatoms. The number of hydrogen-bond donors (Lipinski definition) is 0. The van der Waals surface area contributed by atoms with Crippen LogP contribution in [-0.4, -0.2) is 26.6 Å². The molecule has 4 aromatic rings. The van der Waals surface area contributed by atoms with Crippen LogP contribution in [-0.2, 0) is 6.54 Å². The van der Waals surface area contributed by atoms with Crippen LogP contribution >= 0.6 is 0 Å². The number of nitrogens with zero attached hydrogens (tertiary/aromatic N) is 3. The number of benzene rings is 3. The molecule has 3 aromatic carbocycles. The summed E-state index contributed by atoms with van der Waals surface area (Å²) in [6.45, 7) is 6.53. The monoisotopic (exact) mass is 483 g/mol. The Morgan fingerprint density at radius 1 is 1.06 bits per heavy atom. The molecule has 0 aliphatic heterocycles. The molecule has 1 fully saturated rings. The van der Waals surface area contributed by atoms with Crippen LogP contribution in [0.25, 0.3) is 5.69 Å². The van der Waals surface area contributed by atoms with Crippen LogP contribution in [0.3, 0.4) is 0 Å². The second-order valence-corrected chi connectivity index (χ2v) is 9.66. The largest absolute Gasteiger partial charge is 0.438 e. The average molecular weight is 484 g/mol. The van der Waals surface area contributed by atoms with Gasteiger partial charge < -0.3 is 9.64 Å². The molecule has 184 valence electrons. The lowest BCUT2D eigenvalue weighted by Gasteiger charge is -2.24. The first-order valence-corrected chi connectivity index (χ1v) is 12.4. The molecule has 36 heavy (non-hydrogen) atoms. The topological polar surface area (TPSA) is 47.4 Å². The maximum Gasteiger partial charge on any atom is 0.254 e. The number of ether oxygens (including phenoxy) is 1. The van der Waals surface area contributed by atoms with Crippen molar-refractivity contribution in [2.24, 2.45) is 0 Å². The maximum atomic E-state index is 14.0. The van der Waals surface area contributed by atoms with Gasteiger partial charge in [0.2, 0.25) is 5.88 Å². The van der Waals surface area contributed by atoms with E-state index < -0.39 is 0 Å². The number of hydrogen-bond acceptors (Lipinski definition) is 3. The Balaban J connectivity index is 1.60. The van der Waals surface area contributed by atoms with E-state index in [1.807, 2.05) is 66.4 Å². The van der Waals surface area contributed by atoms with Gasteiger partial charge in [0.05, 0.1) is 23.5 Å². The molecule has 5 rings (SSSR count). The van der Waals surface area contributed by atoms with Gasteiger partial charge in [0.25, 0.3) is 5.91 Å². The van der Waals surface area contributed by atoms with Gasteiger partial charge in [-0.2, -0.15) is 5.10 Å². The van der Waals surface area contributed by atoms with E-state index in [1.165, 1.54) is 12.1 Å². The third-order valence-corrected chi connectivity index (χ3v) is 6.40. The summed E-state index contributed by atoms with van der Waals surface area (Å²) in [5.74, 6) is 0.592. The van der Waals surface area contributed by atoms with E-state index in [9.17, 15) is 9.18 Å². The zero-order valence-corrected chi connectivity index (χ0v) is 20.8. The van der Waals surface area contributed by atoms with Crippen LogP contribution in [0.5, 0.6) is 11.6 Å². The number of carbonyl (C=O) groups is 1. The zero-order valence-electron chi connectivity index (χ0n) is 20.8. The lowest BCUT2D eigenvalue weighted by atomic mass is 10.0. The molecule has 0 N–H and O–H groups in total. The number of aromatic nitrogens is 2. The van der Waals surface area contributed by atoms with Crippen molar-refractivity contribution in [3.05, 3.63) is 107 Å². The highest BCUT2D eigenvalue weighted by Gasteiger charge is 2.36. The van der Waals surface area contributed by atoms with Crippen LogP contribution in [0.4, 0.5) is 4.39 Å². The normalized spacial score (nSPS) is 13.1. The fraction of sp³-hybridized carbons (Fsp3) is 0.267. The van der Waals surface area contributed by atoms with Gasteiger partial charge in [0.15, 0.2) is 0 Å². The molecule has 1 amide bonds. The minimum atomic E-state index is -0.377. The van der Waals surface area contributed by atoms with Gasteiger partial charge in [0.1, 0.15) is 11.6 Å². The zero-order chi connectivity index (χ0) is 25.2. The highest BCUT2D eigenvalue weighted by atomic mass is 19.1. The van der Waals surface area contributed by atoms with Gasteiger partial charge in [-0.1, -0.05) is 55.8 Å². The van der Waals surface area contributed by atoms with Gasteiger partial charge in [-0.15, -0.1) is 0 Å². The Morgan fingerprint density at radius 3 is 2.42 bits per heavy atom. The van der Waals surface area contributed by atoms with Gasteiger partial charge in [-0.25, -0.2) is 9.07 Å². The number of carbonyl (C=O) groups excluding carboxylic acids is 1. The molecule has 0 bridgehead atoms. The molecule has 0 saturated heterocycles. The van der Waals surface area contributed by atoms with E-state index >= 15 is 0 Å². The molecule has 0 spiro atoms. The smallest absolute Gasteiger partial charge is 0.254 e.